The van der Waals surface area contributed by atoms with Crippen LogP contribution in [-0.4, -0.2) is 50.4 Å². The van der Waals surface area contributed by atoms with Crippen LogP contribution < -0.4 is 5.32 Å². The predicted molar refractivity (Wildman–Crippen MR) is 79.5 cm³/mol. The number of nitrogens with zero attached hydrogens (tertiary/aromatic N) is 2. The van der Waals surface area contributed by atoms with Crippen molar-refractivity contribution in [1.82, 2.24) is 4.90 Å². The second-order valence-corrected chi connectivity index (χ2v) is 7.44. The summed E-state index contributed by atoms with van der Waals surface area (Å²) < 4.78 is 22.9. The minimum absolute atomic E-state index is 0.0956. The molecule has 0 spiro atoms. The van der Waals surface area contributed by atoms with E-state index in [0.717, 1.165) is 0 Å². The number of benzene rings is 1. The normalized spacial score (nSPS) is 20.1. The lowest BCUT2D eigenvalue weighted by atomic mass is 10.2. The fourth-order valence-corrected chi connectivity index (χ4v) is 4.11. The molecule has 1 amide bonds. The first kappa shape index (κ1) is 15.5. The molecule has 1 aliphatic heterocycles. The lowest BCUT2D eigenvalue weighted by Crippen LogP contribution is -2.38. The van der Waals surface area contributed by atoms with Crippen molar-refractivity contribution in [1.29, 1.82) is 5.26 Å². The Morgan fingerprint density at radius 1 is 1.43 bits per heavy atom. The molecule has 0 saturated carbocycles. The summed E-state index contributed by atoms with van der Waals surface area (Å²) in [6, 6.07) is 8.49. The molecule has 112 valence electrons. The average Bonchev–Trinajstić information content (AvgIpc) is 2.80. The van der Waals surface area contributed by atoms with Gasteiger partial charge in [-0.3, -0.25) is 9.69 Å². The van der Waals surface area contributed by atoms with E-state index < -0.39 is 9.84 Å². The fraction of sp³-hybridized carbons (Fsp3) is 0.429. The second kappa shape index (κ2) is 6.24. The Morgan fingerprint density at radius 2 is 2.10 bits per heavy atom. The van der Waals surface area contributed by atoms with E-state index in [1.54, 1.807) is 36.2 Å². The van der Waals surface area contributed by atoms with Gasteiger partial charge in [-0.1, -0.05) is 0 Å². The molecule has 1 N–H and O–H groups in total. The van der Waals surface area contributed by atoms with Crippen LogP contribution in [0, 0.1) is 11.3 Å². The lowest BCUT2D eigenvalue weighted by molar-refractivity contribution is -0.117. The van der Waals surface area contributed by atoms with Gasteiger partial charge in [0.05, 0.1) is 29.7 Å². The number of carbonyl (C=O) groups is 1. The summed E-state index contributed by atoms with van der Waals surface area (Å²) in [6.45, 7) is 0.139. The van der Waals surface area contributed by atoms with Crippen LogP contribution in [0.3, 0.4) is 0 Å². The van der Waals surface area contributed by atoms with E-state index in [2.05, 4.69) is 5.32 Å². The Balaban J connectivity index is 1.88. The van der Waals surface area contributed by atoms with Crippen molar-refractivity contribution in [3.63, 3.8) is 0 Å². The van der Waals surface area contributed by atoms with E-state index in [1.807, 2.05) is 6.07 Å². The van der Waals surface area contributed by atoms with Gasteiger partial charge < -0.3 is 5.32 Å². The van der Waals surface area contributed by atoms with Crippen LogP contribution in [0.15, 0.2) is 24.3 Å². The lowest BCUT2D eigenvalue weighted by Gasteiger charge is -2.22. The van der Waals surface area contributed by atoms with Crippen LogP contribution in [0.1, 0.15) is 12.0 Å². The molecule has 6 nitrogen and oxygen atoms in total. The van der Waals surface area contributed by atoms with E-state index in [4.69, 9.17) is 5.26 Å². The van der Waals surface area contributed by atoms with Crippen molar-refractivity contribution in [3.8, 4) is 6.07 Å². The maximum atomic E-state index is 11.9. The maximum Gasteiger partial charge on any atom is 0.238 e. The molecule has 7 heteroatoms. The van der Waals surface area contributed by atoms with Gasteiger partial charge in [-0.2, -0.15) is 5.26 Å². The van der Waals surface area contributed by atoms with Crippen molar-refractivity contribution in [2.24, 2.45) is 0 Å². The predicted octanol–water partition coefficient (Wildman–Crippen LogP) is 0.616. The maximum absolute atomic E-state index is 11.9. The van der Waals surface area contributed by atoms with Crippen LogP contribution in [0.4, 0.5) is 5.69 Å². The number of hydrogen-bond acceptors (Lipinski definition) is 5. The molecule has 1 saturated heterocycles. The van der Waals surface area contributed by atoms with Crippen molar-refractivity contribution in [2.75, 3.05) is 30.4 Å². The number of nitriles is 1. The van der Waals surface area contributed by atoms with E-state index >= 15 is 0 Å². The van der Waals surface area contributed by atoms with Gasteiger partial charge in [0.1, 0.15) is 0 Å². The van der Waals surface area contributed by atoms with Gasteiger partial charge >= 0.3 is 0 Å². The number of rotatable bonds is 4. The third-order valence-corrected chi connectivity index (χ3v) is 5.27. The van der Waals surface area contributed by atoms with Crippen molar-refractivity contribution in [3.05, 3.63) is 29.8 Å². The van der Waals surface area contributed by atoms with Crippen LogP contribution in [-0.2, 0) is 14.6 Å². The Hall–Kier alpha value is -1.91. The number of hydrogen-bond donors (Lipinski definition) is 1. The number of sulfone groups is 1. The van der Waals surface area contributed by atoms with Gasteiger partial charge in [-0.05, 0) is 37.7 Å². The van der Waals surface area contributed by atoms with Gasteiger partial charge in [-0.25, -0.2) is 8.42 Å². The summed E-state index contributed by atoms with van der Waals surface area (Å²) in [5.74, 6) is 0.110. The Bertz CT molecular complexity index is 662. The minimum Gasteiger partial charge on any atom is -0.325 e. The van der Waals surface area contributed by atoms with Crippen LogP contribution in [0.25, 0.3) is 0 Å². The van der Waals surface area contributed by atoms with Crippen molar-refractivity contribution < 1.29 is 13.2 Å². The molecule has 1 heterocycles. The van der Waals surface area contributed by atoms with Crippen molar-refractivity contribution in [2.45, 2.75) is 12.5 Å². The summed E-state index contributed by atoms with van der Waals surface area (Å²) in [6.07, 6.45) is 0.572. The van der Waals surface area contributed by atoms with E-state index in [-0.39, 0.29) is 30.0 Å². The van der Waals surface area contributed by atoms with E-state index in [1.165, 1.54) is 0 Å². The smallest absolute Gasteiger partial charge is 0.238 e. The van der Waals surface area contributed by atoms with E-state index in [0.29, 0.717) is 17.7 Å². The van der Waals surface area contributed by atoms with Crippen LogP contribution in [0.5, 0.6) is 0 Å². The quantitative estimate of drug-likeness (QED) is 0.880. The monoisotopic (exact) mass is 307 g/mol. The zero-order valence-corrected chi connectivity index (χ0v) is 12.6. The highest BCUT2D eigenvalue weighted by atomic mass is 32.2. The molecular formula is C14H17N3O3S. The number of nitrogens with one attached hydrogen (secondary N) is 1. The Labute approximate surface area is 124 Å². The standard InChI is InChI=1S/C14H17N3O3S/c1-17(13-6-7-21(19,20)10-13)9-14(18)16-12-4-2-11(8-15)3-5-12/h2-5,13H,6-7,9-10H2,1H3,(H,16,18). The zero-order chi connectivity index (χ0) is 15.5. The van der Waals surface area contributed by atoms with Crippen molar-refractivity contribution >= 4 is 21.4 Å². The molecule has 1 aromatic carbocycles. The third kappa shape index (κ3) is 4.28. The summed E-state index contributed by atoms with van der Waals surface area (Å²) in [5.41, 5.74) is 1.15. The molecule has 1 fully saturated rings. The number of carbonyl (C=O) groups excluding carboxylic acids is 1. The molecule has 2 rings (SSSR count). The van der Waals surface area contributed by atoms with E-state index in [9.17, 15) is 13.2 Å². The van der Waals surface area contributed by atoms with Gasteiger partial charge in [0.15, 0.2) is 9.84 Å². The Kier molecular flexibility index (Phi) is 4.60. The minimum atomic E-state index is -2.95. The number of anilines is 1. The highest BCUT2D eigenvalue weighted by Crippen LogP contribution is 2.16. The number of likely N-dealkylation sites (N-methyl/N-ethyl adjacent to an activating group) is 1. The second-order valence-electron chi connectivity index (χ2n) is 5.21. The molecule has 0 aliphatic carbocycles. The first-order chi connectivity index (χ1) is 9.89. The Morgan fingerprint density at radius 3 is 2.62 bits per heavy atom. The summed E-state index contributed by atoms with van der Waals surface area (Å²) in [7, 11) is -1.19. The molecule has 1 unspecified atom stereocenters. The first-order valence-corrected chi connectivity index (χ1v) is 8.42. The van der Waals surface area contributed by atoms with Gasteiger partial charge in [0, 0.05) is 11.7 Å². The highest BCUT2D eigenvalue weighted by Gasteiger charge is 2.31. The largest absolute Gasteiger partial charge is 0.325 e. The van der Waals surface area contributed by atoms with Gasteiger partial charge in [-0.15, -0.1) is 0 Å². The molecule has 0 aromatic heterocycles. The van der Waals surface area contributed by atoms with Crippen LogP contribution >= 0.6 is 0 Å². The molecule has 0 bridgehead atoms. The van der Waals surface area contributed by atoms with Gasteiger partial charge in [0.25, 0.3) is 0 Å². The molecule has 0 radical (unpaired) electrons. The molecule has 21 heavy (non-hydrogen) atoms. The highest BCUT2D eigenvalue weighted by molar-refractivity contribution is 7.91. The summed E-state index contributed by atoms with van der Waals surface area (Å²) in [4.78, 5) is 13.7. The van der Waals surface area contributed by atoms with Gasteiger partial charge in [0.2, 0.25) is 5.91 Å². The first-order valence-electron chi connectivity index (χ1n) is 6.60. The molecule has 1 aliphatic rings. The third-order valence-electron chi connectivity index (χ3n) is 3.52. The summed E-state index contributed by atoms with van der Waals surface area (Å²) >= 11 is 0. The molecule has 1 aromatic rings. The average molecular weight is 307 g/mol. The number of amides is 1. The zero-order valence-electron chi connectivity index (χ0n) is 11.7. The van der Waals surface area contributed by atoms with Crippen LogP contribution in [0.2, 0.25) is 0 Å². The molecule has 1 atom stereocenters. The summed E-state index contributed by atoms with van der Waals surface area (Å²) in [5, 5.41) is 11.4. The molecular weight excluding hydrogens is 290 g/mol. The SMILES string of the molecule is CN(CC(=O)Nc1ccc(C#N)cc1)C1CCS(=O)(=O)C1. The topological polar surface area (TPSA) is 90.3 Å². The fourth-order valence-electron chi connectivity index (χ4n) is 2.31.